The van der Waals surface area contributed by atoms with Crippen molar-refractivity contribution >= 4 is 53.0 Å². The van der Waals surface area contributed by atoms with E-state index in [4.69, 9.17) is 0 Å². The second kappa shape index (κ2) is 11.6. The van der Waals surface area contributed by atoms with Gasteiger partial charge >= 0.3 is 0 Å². The molecule has 5 rings (SSSR count). The van der Waals surface area contributed by atoms with Gasteiger partial charge in [-0.15, -0.1) is 4.91 Å². The zero-order chi connectivity index (χ0) is 32.2. The summed E-state index contributed by atoms with van der Waals surface area (Å²) in [5.41, 5.74) is 2.51. The van der Waals surface area contributed by atoms with Gasteiger partial charge in [-0.25, -0.2) is 16.8 Å². The summed E-state index contributed by atoms with van der Waals surface area (Å²) in [4.78, 5) is 12.4. The molecule has 0 aliphatic carbocycles. The highest BCUT2D eigenvalue weighted by Crippen LogP contribution is 2.44. The van der Waals surface area contributed by atoms with Crippen molar-refractivity contribution in [1.29, 1.82) is 0 Å². The maximum absolute atomic E-state index is 13.7. The van der Waals surface area contributed by atoms with Gasteiger partial charge in [0.2, 0.25) is 20.0 Å². The molecule has 2 heterocycles. The monoisotopic (exact) mass is 644 g/mol. The smallest absolute Gasteiger partial charge is 0.243 e. The maximum Gasteiger partial charge on any atom is 0.243 e. The molecular formula is C32H44N4O6S2. The normalized spacial score (nSPS) is 19.1. The van der Waals surface area contributed by atoms with Gasteiger partial charge in [-0.3, -0.25) is 10.7 Å². The Balaban J connectivity index is 1.56. The van der Waals surface area contributed by atoms with E-state index in [9.17, 15) is 26.9 Å². The van der Waals surface area contributed by atoms with Gasteiger partial charge in [0, 0.05) is 47.7 Å². The summed E-state index contributed by atoms with van der Waals surface area (Å²) in [7, 11) is -7.75. The molecule has 0 spiro atoms. The van der Waals surface area contributed by atoms with E-state index in [1.54, 1.807) is 12.1 Å². The minimum absolute atomic E-state index is 0.0119. The molecule has 0 atom stereocenters. The summed E-state index contributed by atoms with van der Waals surface area (Å²) in [6.07, 6.45) is 3.02. The average Bonchev–Trinajstić information content (AvgIpc) is 2.98. The summed E-state index contributed by atoms with van der Waals surface area (Å²) in [5.74, 6) is 0.826. The van der Waals surface area contributed by atoms with Gasteiger partial charge in [0.1, 0.15) is 5.69 Å². The molecule has 10 nitrogen and oxygen atoms in total. The topological polar surface area (TPSA) is 136 Å². The quantitative estimate of drug-likeness (QED) is 0.166. The summed E-state index contributed by atoms with van der Waals surface area (Å²) in [6, 6.07) is 8.82. The van der Waals surface area contributed by atoms with Crippen LogP contribution in [-0.2, 0) is 20.0 Å². The third-order valence-corrected chi connectivity index (χ3v) is 13.7. The van der Waals surface area contributed by atoms with E-state index < -0.39 is 20.0 Å². The molecule has 2 saturated heterocycles. The van der Waals surface area contributed by atoms with Crippen molar-refractivity contribution < 1.29 is 22.0 Å². The minimum atomic E-state index is -3.88. The summed E-state index contributed by atoms with van der Waals surface area (Å²) in [5, 5.41) is 14.6. The fourth-order valence-corrected chi connectivity index (χ4v) is 9.92. The van der Waals surface area contributed by atoms with Crippen LogP contribution in [0.3, 0.4) is 0 Å². The van der Waals surface area contributed by atoms with Crippen LogP contribution in [0.2, 0.25) is 0 Å². The van der Waals surface area contributed by atoms with Crippen molar-refractivity contribution in [3.05, 3.63) is 41.3 Å². The highest BCUT2D eigenvalue weighted by molar-refractivity contribution is 7.89. The Labute approximate surface area is 260 Å². The van der Waals surface area contributed by atoms with Gasteiger partial charge in [0.05, 0.1) is 15.5 Å². The van der Waals surface area contributed by atoms with Crippen LogP contribution in [-0.4, -0.2) is 56.8 Å². The maximum atomic E-state index is 13.7. The number of anilines is 1. The predicted octanol–water partition coefficient (Wildman–Crippen LogP) is 7.09. The van der Waals surface area contributed by atoms with Crippen molar-refractivity contribution in [2.75, 3.05) is 31.7 Å². The molecule has 2 fully saturated rings. The van der Waals surface area contributed by atoms with Crippen molar-refractivity contribution in [3.8, 4) is 0 Å². The highest BCUT2D eigenvalue weighted by atomic mass is 32.2. The Morgan fingerprint density at radius 2 is 1.05 bits per heavy atom. The third kappa shape index (κ3) is 5.87. The minimum Gasteiger partial charge on any atom is -0.291 e. The van der Waals surface area contributed by atoms with Crippen LogP contribution < -0.4 is 5.48 Å². The number of piperidine rings is 2. The lowest BCUT2D eigenvalue weighted by Crippen LogP contribution is -2.41. The van der Waals surface area contributed by atoms with Crippen LogP contribution >= 0.6 is 0 Å². The van der Waals surface area contributed by atoms with Gasteiger partial charge in [-0.2, -0.15) is 8.61 Å². The molecule has 3 aromatic rings. The molecule has 240 valence electrons. The van der Waals surface area contributed by atoms with Gasteiger partial charge in [-0.1, -0.05) is 53.7 Å². The van der Waals surface area contributed by atoms with Crippen LogP contribution in [0.25, 0.3) is 21.5 Å². The van der Waals surface area contributed by atoms with E-state index in [0.717, 1.165) is 25.7 Å². The second-order valence-corrected chi connectivity index (χ2v) is 18.3. The standard InChI is InChI=1S/C32H44N4O6S2/c1-31(2,3)21-11-15-35(16-12-21)43(39,40)23-7-9-25-27(19-23)30(34-38)28-20-24(8-10-26(28)29(25)33-37)44(41,42)36-17-13-22(14-18-36)32(4,5)6/h7-10,19-22,33,37H,11-18H2,1-6H3. The number of nitrogens with zero attached hydrogens (tertiary/aromatic N) is 3. The molecule has 12 heteroatoms. The number of rotatable bonds is 6. The van der Waals surface area contributed by atoms with E-state index in [2.05, 4.69) is 52.2 Å². The number of nitroso groups, excluding NO2 is 1. The number of hydrogen-bond donors (Lipinski definition) is 2. The number of hydrogen-bond acceptors (Lipinski definition) is 8. The van der Waals surface area contributed by atoms with Crippen molar-refractivity contribution in [2.24, 2.45) is 27.8 Å². The molecule has 0 amide bonds. The van der Waals surface area contributed by atoms with E-state index in [1.807, 2.05) is 0 Å². The fourth-order valence-electron chi connectivity index (χ4n) is 6.93. The van der Waals surface area contributed by atoms with Gasteiger partial charge < -0.3 is 0 Å². The van der Waals surface area contributed by atoms with Gasteiger partial charge in [-0.05, 0) is 77.8 Å². The zero-order valence-electron chi connectivity index (χ0n) is 26.4. The van der Waals surface area contributed by atoms with Crippen LogP contribution in [0.1, 0.15) is 67.2 Å². The van der Waals surface area contributed by atoms with Crippen LogP contribution in [0, 0.1) is 27.6 Å². The fraction of sp³-hybridized carbons (Fsp3) is 0.562. The zero-order valence-corrected chi connectivity index (χ0v) is 28.1. The van der Waals surface area contributed by atoms with Crippen molar-refractivity contribution in [1.82, 2.24) is 8.61 Å². The van der Waals surface area contributed by atoms with Gasteiger partial charge in [0.15, 0.2) is 0 Å². The molecule has 3 aromatic carbocycles. The number of fused-ring (bicyclic) bond motifs is 2. The number of sulfonamides is 2. The molecule has 0 unspecified atom stereocenters. The summed E-state index contributed by atoms with van der Waals surface area (Å²) >= 11 is 0. The van der Waals surface area contributed by atoms with Gasteiger partial charge in [0.25, 0.3) is 0 Å². The SMILES string of the molecule is CC(C)(C)C1CCN(S(=O)(=O)c2ccc3c(NO)c4ccc(S(=O)(=O)N5CCC(C(C)(C)C)CC5)cc4c(N=O)c3c2)CC1. The third-order valence-electron chi connectivity index (χ3n) is 9.87. The van der Waals surface area contributed by atoms with Crippen LogP contribution in [0.4, 0.5) is 11.4 Å². The first-order valence-electron chi connectivity index (χ1n) is 15.3. The van der Waals surface area contributed by atoms with Crippen molar-refractivity contribution in [2.45, 2.75) is 77.0 Å². The molecule has 44 heavy (non-hydrogen) atoms. The molecule has 2 aliphatic heterocycles. The average molecular weight is 645 g/mol. The lowest BCUT2D eigenvalue weighted by Gasteiger charge is -2.38. The first kappa shape index (κ1) is 32.7. The number of nitrogens with one attached hydrogen (secondary N) is 1. The summed E-state index contributed by atoms with van der Waals surface area (Å²) in [6.45, 7) is 14.6. The summed E-state index contributed by atoms with van der Waals surface area (Å²) < 4.78 is 57.8. The van der Waals surface area contributed by atoms with E-state index in [-0.39, 0.29) is 42.8 Å². The van der Waals surface area contributed by atoms with Crippen molar-refractivity contribution in [3.63, 3.8) is 0 Å². The molecule has 2 N–H and O–H groups in total. The first-order chi connectivity index (χ1) is 20.5. The molecule has 0 saturated carbocycles. The Kier molecular flexibility index (Phi) is 8.65. The Bertz CT molecular complexity index is 1670. The Morgan fingerprint density at radius 3 is 1.34 bits per heavy atom. The first-order valence-corrected chi connectivity index (χ1v) is 18.2. The van der Waals surface area contributed by atoms with E-state index >= 15 is 0 Å². The van der Waals surface area contributed by atoms with Crippen LogP contribution in [0.5, 0.6) is 0 Å². The predicted molar refractivity (Wildman–Crippen MR) is 174 cm³/mol. The van der Waals surface area contributed by atoms with E-state index in [1.165, 1.54) is 32.9 Å². The molecule has 0 bridgehead atoms. The molecular weight excluding hydrogens is 601 g/mol. The lowest BCUT2D eigenvalue weighted by atomic mass is 9.76. The molecule has 2 aliphatic rings. The second-order valence-electron chi connectivity index (χ2n) is 14.4. The number of benzene rings is 3. The lowest BCUT2D eigenvalue weighted by molar-refractivity contribution is 0.154. The highest BCUT2D eigenvalue weighted by Gasteiger charge is 2.36. The van der Waals surface area contributed by atoms with Crippen LogP contribution in [0.15, 0.2) is 51.4 Å². The Hall–Kier alpha value is -2.64. The van der Waals surface area contributed by atoms with E-state index in [0.29, 0.717) is 48.8 Å². The largest absolute Gasteiger partial charge is 0.291 e. The molecule has 0 radical (unpaired) electrons. The molecule has 0 aromatic heterocycles. The Morgan fingerprint density at radius 1 is 0.682 bits per heavy atom.